The van der Waals surface area contributed by atoms with E-state index in [0.717, 1.165) is 45.7 Å². The monoisotopic (exact) mass is 297 g/mol. The van der Waals surface area contributed by atoms with E-state index >= 15 is 0 Å². The topological polar surface area (TPSA) is 39.6 Å². The molecule has 0 bridgehead atoms. The fraction of sp³-hybridized carbons (Fsp3) is 0.800. The van der Waals surface area contributed by atoms with Gasteiger partial charge in [0.15, 0.2) is 0 Å². The third kappa shape index (κ3) is 4.52. The molecule has 0 unspecified atom stereocenters. The van der Waals surface area contributed by atoms with Crippen molar-refractivity contribution in [2.24, 2.45) is 0 Å². The third-order valence-electron chi connectivity index (χ3n) is 3.68. The van der Waals surface area contributed by atoms with Crippen LogP contribution in [0.1, 0.15) is 37.9 Å². The summed E-state index contributed by atoms with van der Waals surface area (Å²) in [6.45, 7) is 13.4. The lowest BCUT2D eigenvalue weighted by Gasteiger charge is -2.34. The van der Waals surface area contributed by atoms with Crippen LogP contribution in [-0.4, -0.2) is 59.2 Å². The molecule has 1 aliphatic heterocycles. The molecule has 114 valence electrons. The van der Waals surface area contributed by atoms with Gasteiger partial charge >= 0.3 is 0 Å². The number of aliphatic hydroxyl groups excluding tert-OH is 1. The molecule has 0 saturated carbocycles. The smallest absolute Gasteiger partial charge is 0.0982 e. The zero-order valence-electron chi connectivity index (χ0n) is 12.9. The van der Waals surface area contributed by atoms with Crippen molar-refractivity contribution in [1.82, 2.24) is 14.8 Å². The molecule has 2 rings (SSSR count). The molecule has 4 nitrogen and oxygen atoms in total. The standard InChI is InChI=1S/C15H27N3OS/c1-15(2,3)14-16-13(12-20-14)11-18-8-6-17(7-9-18)5-4-10-19/h12,19H,4-11H2,1-3H3. The predicted molar refractivity (Wildman–Crippen MR) is 84.2 cm³/mol. The molecule has 0 aromatic carbocycles. The molecule has 1 aromatic heterocycles. The summed E-state index contributed by atoms with van der Waals surface area (Å²) in [4.78, 5) is 9.70. The first kappa shape index (κ1) is 15.9. The van der Waals surface area contributed by atoms with Crippen molar-refractivity contribution in [2.45, 2.75) is 39.2 Å². The molecule has 0 spiro atoms. The summed E-state index contributed by atoms with van der Waals surface area (Å²) < 4.78 is 0. The SMILES string of the molecule is CC(C)(C)c1nc(CN2CCN(CCCO)CC2)cs1. The molecule has 0 amide bonds. The van der Waals surface area contributed by atoms with E-state index in [1.165, 1.54) is 10.7 Å². The number of thiazole rings is 1. The molecule has 1 saturated heterocycles. The summed E-state index contributed by atoms with van der Waals surface area (Å²) in [5.41, 5.74) is 1.37. The van der Waals surface area contributed by atoms with Gasteiger partial charge in [-0.15, -0.1) is 11.3 Å². The lowest BCUT2D eigenvalue weighted by Crippen LogP contribution is -2.46. The van der Waals surface area contributed by atoms with Crippen LogP contribution in [0.5, 0.6) is 0 Å². The van der Waals surface area contributed by atoms with Gasteiger partial charge in [-0.2, -0.15) is 0 Å². The molecule has 1 aliphatic rings. The second-order valence-corrected chi connectivity index (χ2v) is 7.45. The zero-order chi connectivity index (χ0) is 14.6. The van der Waals surface area contributed by atoms with Crippen LogP contribution in [0.25, 0.3) is 0 Å². The van der Waals surface area contributed by atoms with Gasteiger partial charge in [-0.3, -0.25) is 4.90 Å². The number of aliphatic hydroxyl groups is 1. The van der Waals surface area contributed by atoms with Crippen LogP contribution in [0.4, 0.5) is 0 Å². The molecular formula is C15H27N3OS. The highest BCUT2D eigenvalue weighted by atomic mass is 32.1. The number of nitrogens with zero attached hydrogens (tertiary/aromatic N) is 3. The van der Waals surface area contributed by atoms with Gasteiger partial charge in [0.1, 0.15) is 0 Å². The predicted octanol–water partition coefficient (Wildman–Crippen LogP) is 1.94. The van der Waals surface area contributed by atoms with Crippen LogP contribution < -0.4 is 0 Å². The second-order valence-electron chi connectivity index (χ2n) is 6.59. The summed E-state index contributed by atoms with van der Waals surface area (Å²) in [5, 5.41) is 12.3. The van der Waals surface area contributed by atoms with E-state index in [0.29, 0.717) is 6.61 Å². The molecular weight excluding hydrogens is 270 g/mol. The highest BCUT2D eigenvalue weighted by Crippen LogP contribution is 2.26. The van der Waals surface area contributed by atoms with Crippen molar-refractivity contribution in [3.05, 3.63) is 16.1 Å². The summed E-state index contributed by atoms with van der Waals surface area (Å²) in [6, 6.07) is 0. The lowest BCUT2D eigenvalue weighted by atomic mass is 9.98. The molecule has 0 radical (unpaired) electrons. The second kappa shape index (κ2) is 6.98. The summed E-state index contributed by atoms with van der Waals surface area (Å²) >= 11 is 1.78. The Morgan fingerprint density at radius 1 is 1.20 bits per heavy atom. The average Bonchev–Trinajstić information content (AvgIpc) is 2.86. The Morgan fingerprint density at radius 2 is 1.85 bits per heavy atom. The number of rotatable bonds is 5. The van der Waals surface area contributed by atoms with Gasteiger partial charge < -0.3 is 10.0 Å². The van der Waals surface area contributed by atoms with Crippen LogP contribution in [0.15, 0.2) is 5.38 Å². The highest BCUT2D eigenvalue weighted by Gasteiger charge is 2.20. The Hall–Kier alpha value is -0.490. The first-order valence-electron chi connectivity index (χ1n) is 7.49. The van der Waals surface area contributed by atoms with Crippen LogP contribution in [-0.2, 0) is 12.0 Å². The van der Waals surface area contributed by atoms with Crippen molar-refractivity contribution in [3.8, 4) is 0 Å². The van der Waals surface area contributed by atoms with E-state index in [1.807, 2.05) is 0 Å². The Labute approximate surface area is 126 Å². The third-order valence-corrected chi connectivity index (χ3v) is 4.99. The summed E-state index contributed by atoms with van der Waals surface area (Å²) in [7, 11) is 0. The van der Waals surface area contributed by atoms with Gasteiger partial charge in [0.05, 0.1) is 10.7 Å². The molecule has 5 heteroatoms. The van der Waals surface area contributed by atoms with Crippen LogP contribution >= 0.6 is 11.3 Å². The van der Waals surface area contributed by atoms with Crippen molar-refractivity contribution < 1.29 is 5.11 Å². The van der Waals surface area contributed by atoms with E-state index in [4.69, 9.17) is 10.1 Å². The van der Waals surface area contributed by atoms with Crippen molar-refractivity contribution in [2.75, 3.05) is 39.3 Å². The molecule has 1 N–H and O–H groups in total. The highest BCUT2D eigenvalue weighted by molar-refractivity contribution is 7.09. The Bertz CT molecular complexity index is 405. The first-order chi connectivity index (χ1) is 9.49. The van der Waals surface area contributed by atoms with Gasteiger partial charge in [-0.25, -0.2) is 4.98 Å². The molecule has 20 heavy (non-hydrogen) atoms. The van der Waals surface area contributed by atoms with Crippen LogP contribution in [0.3, 0.4) is 0 Å². The van der Waals surface area contributed by atoms with E-state index in [9.17, 15) is 0 Å². The molecule has 0 atom stereocenters. The molecule has 2 heterocycles. The number of hydrogen-bond donors (Lipinski definition) is 1. The van der Waals surface area contributed by atoms with Crippen LogP contribution in [0, 0.1) is 0 Å². The van der Waals surface area contributed by atoms with E-state index in [-0.39, 0.29) is 5.41 Å². The fourth-order valence-corrected chi connectivity index (χ4v) is 3.32. The first-order valence-corrected chi connectivity index (χ1v) is 8.37. The van der Waals surface area contributed by atoms with E-state index in [1.54, 1.807) is 11.3 Å². The largest absolute Gasteiger partial charge is 0.396 e. The quantitative estimate of drug-likeness (QED) is 0.901. The van der Waals surface area contributed by atoms with Crippen molar-refractivity contribution in [3.63, 3.8) is 0 Å². The lowest BCUT2D eigenvalue weighted by molar-refractivity contribution is 0.119. The Kier molecular flexibility index (Phi) is 5.55. The van der Waals surface area contributed by atoms with E-state index in [2.05, 4.69) is 36.0 Å². The van der Waals surface area contributed by atoms with Crippen molar-refractivity contribution >= 4 is 11.3 Å². The average molecular weight is 297 g/mol. The van der Waals surface area contributed by atoms with Gasteiger partial charge in [0.2, 0.25) is 0 Å². The molecule has 1 fully saturated rings. The maximum absolute atomic E-state index is 8.87. The maximum Gasteiger partial charge on any atom is 0.0982 e. The minimum absolute atomic E-state index is 0.159. The summed E-state index contributed by atoms with van der Waals surface area (Å²) in [6.07, 6.45) is 0.890. The van der Waals surface area contributed by atoms with Gasteiger partial charge in [-0.05, 0) is 6.42 Å². The zero-order valence-corrected chi connectivity index (χ0v) is 13.7. The molecule has 1 aromatic rings. The number of aromatic nitrogens is 1. The van der Waals surface area contributed by atoms with Crippen LogP contribution in [0.2, 0.25) is 0 Å². The van der Waals surface area contributed by atoms with Gasteiger partial charge in [0, 0.05) is 56.7 Å². The minimum atomic E-state index is 0.159. The summed E-state index contributed by atoms with van der Waals surface area (Å²) in [5.74, 6) is 0. The molecule has 0 aliphatic carbocycles. The number of piperazine rings is 1. The maximum atomic E-state index is 8.87. The normalized spacial score (nSPS) is 18.6. The van der Waals surface area contributed by atoms with Gasteiger partial charge in [-0.1, -0.05) is 20.8 Å². The Balaban J connectivity index is 1.79. The fourth-order valence-electron chi connectivity index (χ4n) is 2.42. The minimum Gasteiger partial charge on any atom is -0.396 e. The number of hydrogen-bond acceptors (Lipinski definition) is 5. The van der Waals surface area contributed by atoms with E-state index < -0.39 is 0 Å². The Morgan fingerprint density at radius 3 is 2.40 bits per heavy atom. The van der Waals surface area contributed by atoms with Gasteiger partial charge in [0.25, 0.3) is 0 Å². The van der Waals surface area contributed by atoms with Crippen molar-refractivity contribution in [1.29, 1.82) is 0 Å².